The van der Waals surface area contributed by atoms with Gasteiger partial charge in [-0.05, 0) is 43.2 Å². The summed E-state index contributed by atoms with van der Waals surface area (Å²) in [6, 6.07) is 13.9. The first-order chi connectivity index (χ1) is 13.5. The van der Waals surface area contributed by atoms with Crippen LogP contribution in [-0.2, 0) is 10.5 Å². The summed E-state index contributed by atoms with van der Waals surface area (Å²) in [7, 11) is 0. The minimum atomic E-state index is -0.696. The van der Waals surface area contributed by atoms with Crippen molar-refractivity contribution in [2.24, 2.45) is 0 Å². The molecule has 0 radical (unpaired) electrons. The molecule has 1 unspecified atom stereocenters. The van der Waals surface area contributed by atoms with E-state index in [1.54, 1.807) is 11.8 Å². The summed E-state index contributed by atoms with van der Waals surface area (Å²) in [5.41, 5.74) is 2.43. The Morgan fingerprint density at radius 1 is 1.18 bits per heavy atom. The van der Waals surface area contributed by atoms with Crippen molar-refractivity contribution in [1.82, 2.24) is 10.2 Å². The van der Waals surface area contributed by atoms with Gasteiger partial charge in [-0.3, -0.25) is 10.1 Å². The normalized spacial score (nSPS) is 11.8. The number of hydrogen-bond donors (Lipinski definition) is 1. The highest BCUT2D eigenvalue weighted by molar-refractivity contribution is 8.00. The lowest BCUT2D eigenvalue weighted by Crippen LogP contribution is -2.32. The minimum Gasteiger partial charge on any atom is -0.481 e. The first kappa shape index (κ1) is 20.3. The van der Waals surface area contributed by atoms with Crippen molar-refractivity contribution in [3.05, 3.63) is 65.5 Å². The lowest BCUT2D eigenvalue weighted by Gasteiger charge is -2.16. The molecule has 146 valence electrons. The quantitative estimate of drug-likeness (QED) is 0.409. The molecule has 8 heteroatoms. The maximum Gasteiger partial charge on any atom is 0.267 e. The van der Waals surface area contributed by atoms with Crippen LogP contribution in [0.3, 0.4) is 0 Å². The van der Waals surface area contributed by atoms with Crippen LogP contribution in [0.5, 0.6) is 5.75 Å². The molecule has 0 saturated carbocycles. The fourth-order valence-corrected chi connectivity index (χ4v) is 4.04. The Hall–Kier alpha value is -2.45. The maximum atomic E-state index is 13.0. The molecule has 0 saturated heterocycles. The van der Waals surface area contributed by atoms with Crippen molar-refractivity contribution in [1.29, 1.82) is 0 Å². The highest BCUT2D eigenvalue weighted by Gasteiger charge is 2.20. The molecule has 0 fully saturated rings. The molecule has 0 spiro atoms. The van der Waals surface area contributed by atoms with Gasteiger partial charge in [-0.25, -0.2) is 4.39 Å². The molecular weight excluding hydrogens is 397 g/mol. The highest BCUT2D eigenvalue weighted by atomic mass is 32.2. The third-order valence-electron chi connectivity index (χ3n) is 3.87. The van der Waals surface area contributed by atoms with Crippen molar-refractivity contribution in [2.45, 2.75) is 36.5 Å². The molecule has 1 aromatic heterocycles. The Morgan fingerprint density at radius 2 is 1.89 bits per heavy atom. The number of rotatable bonds is 8. The number of carbonyl (C=O) groups excluding carboxylic acids is 1. The second kappa shape index (κ2) is 9.66. The molecule has 1 amide bonds. The second-order valence-corrected chi connectivity index (χ2v) is 8.31. The van der Waals surface area contributed by atoms with E-state index in [0.29, 0.717) is 17.3 Å². The molecule has 0 aliphatic carbocycles. The number of hydrogen-bond acceptors (Lipinski definition) is 6. The summed E-state index contributed by atoms with van der Waals surface area (Å²) in [4.78, 5) is 12.5. The van der Waals surface area contributed by atoms with E-state index in [1.807, 2.05) is 6.92 Å². The Balaban J connectivity index is 1.54. The summed E-state index contributed by atoms with van der Waals surface area (Å²) >= 11 is 2.90. The Morgan fingerprint density at radius 3 is 2.57 bits per heavy atom. The molecule has 5 nitrogen and oxygen atoms in total. The van der Waals surface area contributed by atoms with E-state index >= 15 is 0 Å². The van der Waals surface area contributed by atoms with E-state index in [4.69, 9.17) is 4.74 Å². The van der Waals surface area contributed by atoms with Crippen molar-refractivity contribution >= 4 is 34.1 Å². The van der Waals surface area contributed by atoms with Crippen molar-refractivity contribution in [2.75, 3.05) is 5.32 Å². The minimum absolute atomic E-state index is 0.307. The average Bonchev–Trinajstić information content (AvgIpc) is 3.14. The summed E-state index contributed by atoms with van der Waals surface area (Å²) in [6.45, 7) is 3.90. The van der Waals surface area contributed by atoms with Crippen LogP contribution in [-0.4, -0.2) is 22.2 Å². The van der Waals surface area contributed by atoms with Gasteiger partial charge < -0.3 is 4.74 Å². The monoisotopic (exact) mass is 417 g/mol. The Kier molecular flexibility index (Phi) is 7.00. The number of aryl methyl sites for hydroxylation is 1. The van der Waals surface area contributed by atoms with Crippen LogP contribution in [0.15, 0.2) is 52.9 Å². The third kappa shape index (κ3) is 5.77. The molecule has 0 aliphatic heterocycles. The average molecular weight is 418 g/mol. The van der Waals surface area contributed by atoms with E-state index in [2.05, 4.69) is 46.7 Å². The van der Waals surface area contributed by atoms with Gasteiger partial charge in [-0.15, -0.1) is 10.2 Å². The van der Waals surface area contributed by atoms with Crippen LogP contribution in [0.2, 0.25) is 0 Å². The van der Waals surface area contributed by atoms with Gasteiger partial charge in [0.2, 0.25) is 5.13 Å². The number of aromatic nitrogens is 2. The molecule has 0 bridgehead atoms. The van der Waals surface area contributed by atoms with E-state index in [-0.39, 0.29) is 11.7 Å². The maximum absolute atomic E-state index is 13.0. The van der Waals surface area contributed by atoms with E-state index in [1.165, 1.54) is 46.7 Å². The number of amides is 1. The number of thioether (sulfide) groups is 1. The number of benzene rings is 2. The van der Waals surface area contributed by atoms with E-state index in [0.717, 1.165) is 10.1 Å². The van der Waals surface area contributed by atoms with Crippen LogP contribution in [0.25, 0.3) is 0 Å². The number of ether oxygens (including phenoxy) is 1. The fraction of sp³-hybridized carbons (Fsp3) is 0.250. The van der Waals surface area contributed by atoms with Gasteiger partial charge in [-0.2, -0.15) is 0 Å². The Labute approximate surface area is 171 Å². The number of halogens is 1. The summed E-state index contributed by atoms with van der Waals surface area (Å²) in [5.74, 6) is 0.566. The van der Waals surface area contributed by atoms with Crippen molar-refractivity contribution < 1.29 is 13.9 Å². The van der Waals surface area contributed by atoms with Crippen LogP contribution in [0.1, 0.15) is 24.5 Å². The largest absolute Gasteiger partial charge is 0.481 e. The molecule has 3 aromatic rings. The van der Waals surface area contributed by atoms with Gasteiger partial charge in [0, 0.05) is 5.75 Å². The lowest BCUT2D eigenvalue weighted by atomic mass is 10.2. The standard InChI is InChI=1S/C20H20FN3O2S2/c1-3-17(26-16-10-8-15(21)9-11-16)18(25)22-19-23-24-20(28-19)27-12-14-6-4-13(2)5-7-14/h4-11,17H,3,12H2,1-2H3,(H,22,23,25). The molecule has 1 heterocycles. The van der Waals surface area contributed by atoms with Crippen LogP contribution < -0.4 is 10.1 Å². The van der Waals surface area contributed by atoms with Gasteiger partial charge >= 0.3 is 0 Å². The zero-order chi connectivity index (χ0) is 19.9. The van der Waals surface area contributed by atoms with Crippen LogP contribution >= 0.6 is 23.1 Å². The molecule has 2 aromatic carbocycles. The summed E-state index contributed by atoms with van der Waals surface area (Å²) < 4.78 is 19.4. The predicted octanol–water partition coefficient (Wildman–Crippen LogP) is 5.07. The molecule has 1 N–H and O–H groups in total. The molecule has 3 rings (SSSR count). The van der Waals surface area contributed by atoms with Crippen LogP contribution in [0.4, 0.5) is 9.52 Å². The SMILES string of the molecule is CCC(Oc1ccc(F)cc1)C(=O)Nc1nnc(SCc2ccc(C)cc2)s1. The number of anilines is 1. The topological polar surface area (TPSA) is 64.1 Å². The molecule has 28 heavy (non-hydrogen) atoms. The highest BCUT2D eigenvalue weighted by Crippen LogP contribution is 2.28. The van der Waals surface area contributed by atoms with E-state index < -0.39 is 6.10 Å². The number of carbonyl (C=O) groups is 1. The summed E-state index contributed by atoms with van der Waals surface area (Å²) in [5, 5.41) is 11.3. The summed E-state index contributed by atoms with van der Waals surface area (Å²) in [6.07, 6.45) is -0.227. The second-order valence-electron chi connectivity index (χ2n) is 6.11. The smallest absolute Gasteiger partial charge is 0.267 e. The number of nitrogens with one attached hydrogen (secondary N) is 1. The van der Waals surface area contributed by atoms with Crippen molar-refractivity contribution in [3.63, 3.8) is 0 Å². The predicted molar refractivity (Wildman–Crippen MR) is 110 cm³/mol. The van der Waals surface area contributed by atoms with E-state index in [9.17, 15) is 9.18 Å². The van der Waals surface area contributed by atoms with Crippen LogP contribution in [0, 0.1) is 12.7 Å². The fourth-order valence-electron chi connectivity index (χ4n) is 2.33. The van der Waals surface area contributed by atoms with Gasteiger partial charge in [0.1, 0.15) is 11.6 Å². The number of nitrogens with zero attached hydrogens (tertiary/aromatic N) is 2. The Bertz CT molecular complexity index is 914. The van der Waals surface area contributed by atoms with Gasteiger partial charge in [0.25, 0.3) is 5.91 Å². The zero-order valence-electron chi connectivity index (χ0n) is 15.5. The first-order valence-electron chi connectivity index (χ1n) is 8.78. The molecule has 0 aliphatic rings. The zero-order valence-corrected chi connectivity index (χ0v) is 17.1. The first-order valence-corrected chi connectivity index (χ1v) is 10.6. The van der Waals surface area contributed by atoms with Gasteiger partial charge in [0.05, 0.1) is 0 Å². The molecular formula is C20H20FN3O2S2. The third-order valence-corrected chi connectivity index (χ3v) is 5.92. The van der Waals surface area contributed by atoms with Gasteiger partial charge in [-0.1, -0.05) is 59.9 Å². The van der Waals surface area contributed by atoms with Gasteiger partial charge in [0.15, 0.2) is 10.4 Å². The lowest BCUT2D eigenvalue weighted by molar-refractivity contribution is -0.122. The molecule has 1 atom stereocenters. The van der Waals surface area contributed by atoms with Crippen molar-refractivity contribution in [3.8, 4) is 5.75 Å².